The van der Waals surface area contributed by atoms with Gasteiger partial charge in [0, 0.05) is 17.2 Å². The van der Waals surface area contributed by atoms with E-state index in [0.717, 1.165) is 5.56 Å². The smallest absolute Gasteiger partial charge is 0.336 e. The standard InChI is InChI=1S/C27H20O5/c1-27(2)14-13-18-24(30)21-19(16-9-5-3-6-10-16)15-20(28)31-26(21)22(25(18)32-27)23(29)17-11-7-4-8-12-17/h3-15,30H,1-2H3. The maximum absolute atomic E-state index is 13.7. The summed E-state index contributed by atoms with van der Waals surface area (Å²) in [5.74, 6) is -0.259. The first-order chi connectivity index (χ1) is 15.4. The SMILES string of the molecule is CC1(C)C=Cc2c(c(C(=O)c3ccccc3)c3oc(=O)cc(-c4ccccc4)c3c2O)O1. The van der Waals surface area contributed by atoms with Gasteiger partial charge < -0.3 is 14.3 Å². The summed E-state index contributed by atoms with van der Waals surface area (Å²) in [6, 6.07) is 19.3. The monoisotopic (exact) mass is 424 g/mol. The highest BCUT2D eigenvalue weighted by Crippen LogP contribution is 2.48. The Morgan fingerprint density at radius 3 is 2.31 bits per heavy atom. The molecule has 4 aromatic rings. The number of hydrogen-bond acceptors (Lipinski definition) is 5. The number of ether oxygens (including phenoxy) is 1. The van der Waals surface area contributed by atoms with Gasteiger partial charge in [-0.3, -0.25) is 4.79 Å². The molecule has 1 N–H and O–H groups in total. The Hall–Kier alpha value is -4.12. The minimum absolute atomic E-state index is 0.00700. The quantitative estimate of drug-likeness (QED) is 0.343. The molecule has 0 amide bonds. The molecule has 5 heteroatoms. The van der Waals surface area contributed by atoms with Crippen molar-refractivity contribution in [2.24, 2.45) is 0 Å². The van der Waals surface area contributed by atoms with Gasteiger partial charge in [0.15, 0.2) is 5.58 Å². The number of benzene rings is 3. The van der Waals surface area contributed by atoms with Crippen LogP contribution >= 0.6 is 0 Å². The molecule has 0 spiro atoms. The van der Waals surface area contributed by atoms with E-state index < -0.39 is 11.2 Å². The molecule has 1 aliphatic rings. The molecule has 158 valence electrons. The lowest BCUT2D eigenvalue weighted by molar-refractivity contribution is 0.102. The lowest BCUT2D eigenvalue weighted by atomic mass is 9.90. The van der Waals surface area contributed by atoms with E-state index in [0.29, 0.717) is 22.1 Å². The fourth-order valence-corrected chi connectivity index (χ4v) is 4.01. The molecule has 0 fully saturated rings. The van der Waals surface area contributed by atoms with Gasteiger partial charge in [-0.15, -0.1) is 0 Å². The number of aromatic hydroxyl groups is 1. The number of carbonyl (C=O) groups excluding carboxylic acids is 1. The number of phenols is 1. The largest absolute Gasteiger partial charge is 0.506 e. The van der Waals surface area contributed by atoms with Gasteiger partial charge in [-0.05, 0) is 31.6 Å². The third-order valence-electron chi connectivity index (χ3n) is 5.52. The van der Waals surface area contributed by atoms with Crippen molar-refractivity contribution in [3.63, 3.8) is 0 Å². The van der Waals surface area contributed by atoms with Gasteiger partial charge >= 0.3 is 5.63 Å². The summed E-state index contributed by atoms with van der Waals surface area (Å²) in [7, 11) is 0. The Morgan fingerprint density at radius 2 is 1.62 bits per heavy atom. The van der Waals surface area contributed by atoms with E-state index in [9.17, 15) is 14.7 Å². The van der Waals surface area contributed by atoms with Crippen molar-refractivity contribution in [3.05, 3.63) is 99.9 Å². The van der Waals surface area contributed by atoms with Crippen LogP contribution in [0.4, 0.5) is 0 Å². The van der Waals surface area contributed by atoms with Gasteiger partial charge in [-0.2, -0.15) is 0 Å². The average molecular weight is 424 g/mol. The van der Waals surface area contributed by atoms with Crippen molar-refractivity contribution in [2.45, 2.75) is 19.4 Å². The Morgan fingerprint density at radius 1 is 0.969 bits per heavy atom. The van der Waals surface area contributed by atoms with Crippen molar-refractivity contribution >= 4 is 22.8 Å². The van der Waals surface area contributed by atoms with Crippen LogP contribution in [-0.2, 0) is 0 Å². The van der Waals surface area contributed by atoms with Gasteiger partial charge in [0.25, 0.3) is 0 Å². The van der Waals surface area contributed by atoms with Crippen LogP contribution in [0.1, 0.15) is 35.3 Å². The number of rotatable bonds is 3. The molecule has 0 radical (unpaired) electrons. The van der Waals surface area contributed by atoms with Crippen LogP contribution in [0.25, 0.3) is 28.2 Å². The molecule has 0 atom stereocenters. The molecular formula is C27H20O5. The molecule has 3 aromatic carbocycles. The average Bonchev–Trinajstić information content (AvgIpc) is 2.79. The second-order valence-electron chi connectivity index (χ2n) is 8.25. The second kappa shape index (κ2) is 7.24. The highest BCUT2D eigenvalue weighted by Gasteiger charge is 2.33. The fraction of sp³-hybridized carbons (Fsp3) is 0.111. The van der Waals surface area contributed by atoms with Crippen LogP contribution in [0.5, 0.6) is 11.5 Å². The van der Waals surface area contributed by atoms with Crippen LogP contribution in [-0.4, -0.2) is 16.5 Å². The van der Waals surface area contributed by atoms with Crippen molar-refractivity contribution in [2.75, 3.05) is 0 Å². The molecule has 1 aromatic heterocycles. The molecule has 5 rings (SSSR count). The van der Waals surface area contributed by atoms with Crippen LogP contribution in [0.2, 0.25) is 0 Å². The highest BCUT2D eigenvalue weighted by molar-refractivity contribution is 6.20. The molecule has 0 unspecified atom stereocenters. The predicted molar refractivity (Wildman–Crippen MR) is 123 cm³/mol. The summed E-state index contributed by atoms with van der Waals surface area (Å²) in [5.41, 5.74) is 0.794. The molecule has 5 nitrogen and oxygen atoms in total. The summed E-state index contributed by atoms with van der Waals surface area (Å²) >= 11 is 0. The third-order valence-corrected chi connectivity index (χ3v) is 5.52. The zero-order valence-electron chi connectivity index (χ0n) is 17.6. The number of carbonyl (C=O) groups is 1. The van der Waals surface area contributed by atoms with E-state index in [-0.39, 0.29) is 28.4 Å². The highest BCUT2D eigenvalue weighted by atomic mass is 16.5. The van der Waals surface area contributed by atoms with Gasteiger partial charge in [0.05, 0.1) is 10.9 Å². The molecule has 0 saturated heterocycles. The summed E-state index contributed by atoms with van der Waals surface area (Å²) < 4.78 is 11.7. The van der Waals surface area contributed by atoms with Crippen LogP contribution in [0.3, 0.4) is 0 Å². The van der Waals surface area contributed by atoms with E-state index in [4.69, 9.17) is 9.15 Å². The van der Waals surface area contributed by atoms with Gasteiger partial charge in [0.1, 0.15) is 22.7 Å². The molecule has 1 aliphatic heterocycles. The number of fused-ring (bicyclic) bond motifs is 2. The summed E-state index contributed by atoms with van der Waals surface area (Å²) in [6.45, 7) is 3.70. The Labute approximate surface area is 184 Å². The normalized spacial score (nSPS) is 14.1. The second-order valence-corrected chi connectivity index (χ2v) is 8.25. The molecule has 2 heterocycles. The number of ketones is 1. The van der Waals surface area contributed by atoms with E-state index in [1.54, 1.807) is 30.3 Å². The molecule has 0 aliphatic carbocycles. The molecule has 32 heavy (non-hydrogen) atoms. The molecule has 0 saturated carbocycles. The Bertz CT molecular complexity index is 1440. The summed E-state index contributed by atoms with van der Waals surface area (Å²) in [4.78, 5) is 26.2. The van der Waals surface area contributed by atoms with E-state index in [1.807, 2.05) is 56.3 Å². The van der Waals surface area contributed by atoms with Gasteiger partial charge in [-0.1, -0.05) is 60.7 Å². The van der Waals surface area contributed by atoms with Crippen LogP contribution in [0.15, 0.2) is 82.0 Å². The lowest BCUT2D eigenvalue weighted by Gasteiger charge is -2.30. The first-order valence-corrected chi connectivity index (χ1v) is 10.3. The topological polar surface area (TPSA) is 76.7 Å². The van der Waals surface area contributed by atoms with Gasteiger partial charge in [-0.25, -0.2) is 4.79 Å². The number of hydrogen-bond donors (Lipinski definition) is 1. The van der Waals surface area contributed by atoms with E-state index in [2.05, 4.69) is 0 Å². The lowest BCUT2D eigenvalue weighted by Crippen LogP contribution is -2.29. The molecule has 0 bridgehead atoms. The minimum atomic E-state index is -0.712. The molecular weight excluding hydrogens is 404 g/mol. The zero-order chi connectivity index (χ0) is 22.5. The van der Waals surface area contributed by atoms with Crippen LogP contribution < -0.4 is 10.4 Å². The number of phenolic OH excluding ortho intramolecular Hbond substituents is 1. The van der Waals surface area contributed by atoms with E-state index >= 15 is 0 Å². The van der Waals surface area contributed by atoms with Crippen molar-refractivity contribution in [1.82, 2.24) is 0 Å². The van der Waals surface area contributed by atoms with Crippen molar-refractivity contribution < 1.29 is 19.1 Å². The first-order valence-electron chi connectivity index (χ1n) is 10.3. The van der Waals surface area contributed by atoms with Crippen molar-refractivity contribution in [1.29, 1.82) is 0 Å². The predicted octanol–water partition coefficient (Wildman–Crippen LogP) is 5.58. The first kappa shape index (κ1) is 19.8. The summed E-state index contributed by atoms with van der Waals surface area (Å²) in [5, 5.41) is 11.6. The Balaban J connectivity index is 1.94. The van der Waals surface area contributed by atoms with Crippen LogP contribution in [0, 0.1) is 0 Å². The Kier molecular flexibility index (Phi) is 4.48. The zero-order valence-corrected chi connectivity index (χ0v) is 17.6. The van der Waals surface area contributed by atoms with Crippen molar-refractivity contribution in [3.8, 4) is 22.6 Å². The van der Waals surface area contributed by atoms with E-state index in [1.165, 1.54) is 6.07 Å². The maximum Gasteiger partial charge on any atom is 0.336 e. The maximum atomic E-state index is 13.7. The fourth-order valence-electron chi connectivity index (χ4n) is 4.01. The van der Waals surface area contributed by atoms with Gasteiger partial charge in [0.2, 0.25) is 5.78 Å². The summed E-state index contributed by atoms with van der Waals surface area (Å²) in [6.07, 6.45) is 3.56. The third kappa shape index (κ3) is 3.19. The minimum Gasteiger partial charge on any atom is -0.506 e.